The van der Waals surface area contributed by atoms with E-state index >= 15 is 0 Å². The summed E-state index contributed by atoms with van der Waals surface area (Å²) in [5.74, 6) is 0.711. The van der Waals surface area contributed by atoms with E-state index in [1.807, 2.05) is 50.2 Å². The number of hydrogen-bond acceptors (Lipinski definition) is 4. The average molecular weight is 362 g/mol. The van der Waals surface area contributed by atoms with Crippen LogP contribution < -0.4 is 9.64 Å². The van der Waals surface area contributed by atoms with E-state index in [1.165, 1.54) is 4.31 Å². The minimum absolute atomic E-state index is 0.289. The molecular formula is C19H26N2O3S. The number of benzene rings is 2. The Balaban J connectivity index is 2.23. The first-order valence-electron chi connectivity index (χ1n) is 8.19. The van der Waals surface area contributed by atoms with Gasteiger partial charge >= 0.3 is 0 Å². The highest BCUT2D eigenvalue weighted by molar-refractivity contribution is 7.89. The largest absolute Gasteiger partial charge is 0.496 e. The summed E-state index contributed by atoms with van der Waals surface area (Å²) in [6.07, 6.45) is 0.711. The second-order valence-corrected chi connectivity index (χ2v) is 8.19. The van der Waals surface area contributed by atoms with Crippen molar-refractivity contribution in [1.29, 1.82) is 0 Å². The molecule has 0 saturated carbocycles. The zero-order valence-electron chi connectivity index (χ0n) is 15.5. The van der Waals surface area contributed by atoms with Crippen LogP contribution in [0.2, 0.25) is 0 Å². The molecule has 136 valence electrons. The lowest BCUT2D eigenvalue weighted by molar-refractivity contribution is 0.409. The van der Waals surface area contributed by atoms with Gasteiger partial charge in [-0.2, -0.15) is 4.31 Å². The lowest BCUT2D eigenvalue weighted by Crippen LogP contribution is -2.26. The number of hydrogen-bond donors (Lipinski definition) is 0. The topological polar surface area (TPSA) is 49.9 Å². The first-order chi connectivity index (χ1) is 11.8. The van der Waals surface area contributed by atoms with Crippen molar-refractivity contribution in [1.82, 2.24) is 4.31 Å². The molecule has 0 aliphatic heterocycles. The number of ether oxygens (including phenoxy) is 1. The molecule has 0 aliphatic rings. The van der Waals surface area contributed by atoms with Crippen LogP contribution in [0.3, 0.4) is 0 Å². The molecule has 5 nitrogen and oxygen atoms in total. The Labute approximate surface area is 150 Å². The fourth-order valence-corrected chi connectivity index (χ4v) is 3.82. The molecule has 0 bridgehead atoms. The van der Waals surface area contributed by atoms with Crippen LogP contribution in [0.5, 0.6) is 5.75 Å². The number of sulfonamides is 1. The molecule has 0 atom stereocenters. The average Bonchev–Trinajstić information content (AvgIpc) is 2.61. The molecule has 2 rings (SSSR count). The maximum absolute atomic E-state index is 12.9. The van der Waals surface area contributed by atoms with Gasteiger partial charge in [0.2, 0.25) is 10.0 Å². The van der Waals surface area contributed by atoms with Crippen molar-refractivity contribution >= 4 is 15.7 Å². The molecule has 0 spiro atoms. The van der Waals surface area contributed by atoms with Crippen LogP contribution in [-0.2, 0) is 23.0 Å². The summed E-state index contributed by atoms with van der Waals surface area (Å²) >= 11 is 0. The van der Waals surface area contributed by atoms with Gasteiger partial charge in [-0.05, 0) is 47.9 Å². The van der Waals surface area contributed by atoms with E-state index in [2.05, 4.69) is 0 Å². The van der Waals surface area contributed by atoms with Crippen molar-refractivity contribution < 1.29 is 13.2 Å². The summed E-state index contributed by atoms with van der Waals surface area (Å²) in [5.41, 5.74) is 2.91. The van der Waals surface area contributed by atoms with Crippen LogP contribution >= 0.6 is 0 Å². The van der Waals surface area contributed by atoms with Crippen molar-refractivity contribution in [2.75, 3.05) is 33.2 Å². The van der Waals surface area contributed by atoms with E-state index in [0.29, 0.717) is 18.7 Å². The smallest absolute Gasteiger partial charge is 0.243 e. The van der Waals surface area contributed by atoms with Crippen LogP contribution in [0.1, 0.15) is 18.1 Å². The summed E-state index contributed by atoms with van der Waals surface area (Å²) in [6.45, 7) is 2.30. The highest BCUT2D eigenvalue weighted by atomic mass is 32.2. The SMILES string of the molecule is CCc1cc(S(=O)(=O)N(C)Cc2ccc(N(C)C)cc2)ccc1OC. The van der Waals surface area contributed by atoms with E-state index in [1.54, 1.807) is 32.4 Å². The molecule has 2 aromatic carbocycles. The van der Waals surface area contributed by atoms with Gasteiger partial charge in [0.25, 0.3) is 0 Å². The summed E-state index contributed by atoms with van der Waals surface area (Å²) in [5, 5.41) is 0. The zero-order valence-corrected chi connectivity index (χ0v) is 16.3. The van der Waals surface area contributed by atoms with Crippen LogP contribution in [0.15, 0.2) is 47.4 Å². The Hall–Kier alpha value is -2.05. The number of rotatable bonds is 7. The fourth-order valence-electron chi connectivity index (χ4n) is 2.61. The molecule has 0 aliphatic carbocycles. The van der Waals surface area contributed by atoms with Gasteiger partial charge in [-0.25, -0.2) is 8.42 Å². The van der Waals surface area contributed by atoms with E-state index < -0.39 is 10.0 Å². The van der Waals surface area contributed by atoms with Crippen molar-refractivity contribution in [2.24, 2.45) is 0 Å². The number of anilines is 1. The highest BCUT2D eigenvalue weighted by Gasteiger charge is 2.22. The lowest BCUT2D eigenvalue weighted by atomic mass is 10.1. The molecule has 2 aromatic rings. The molecule has 0 radical (unpaired) electrons. The maximum atomic E-state index is 12.9. The zero-order chi connectivity index (χ0) is 18.6. The second kappa shape index (κ2) is 7.89. The first kappa shape index (κ1) is 19.3. The molecule has 0 aromatic heterocycles. The summed E-state index contributed by atoms with van der Waals surface area (Å²) in [6, 6.07) is 12.9. The number of aryl methyl sites for hydroxylation is 1. The van der Waals surface area contributed by atoms with Crippen molar-refractivity contribution in [3.05, 3.63) is 53.6 Å². The third-order valence-corrected chi connectivity index (χ3v) is 6.00. The molecule has 0 amide bonds. The van der Waals surface area contributed by atoms with Gasteiger partial charge in [0, 0.05) is 33.4 Å². The monoisotopic (exact) mass is 362 g/mol. The predicted molar refractivity (Wildman–Crippen MR) is 102 cm³/mol. The Morgan fingerprint density at radius 1 is 1.00 bits per heavy atom. The van der Waals surface area contributed by atoms with Gasteiger partial charge in [-0.1, -0.05) is 19.1 Å². The van der Waals surface area contributed by atoms with Gasteiger partial charge in [-0.15, -0.1) is 0 Å². The quantitative estimate of drug-likeness (QED) is 0.759. The summed E-state index contributed by atoms with van der Waals surface area (Å²) < 4.78 is 32.4. The van der Waals surface area contributed by atoms with Gasteiger partial charge in [0.1, 0.15) is 5.75 Å². The van der Waals surface area contributed by atoms with Gasteiger partial charge in [0.15, 0.2) is 0 Å². The minimum Gasteiger partial charge on any atom is -0.496 e. The number of methoxy groups -OCH3 is 1. The molecule has 0 heterocycles. The minimum atomic E-state index is -3.55. The normalized spacial score (nSPS) is 11.6. The standard InChI is InChI=1S/C19H26N2O3S/c1-6-16-13-18(11-12-19(16)24-5)25(22,23)21(4)14-15-7-9-17(10-8-15)20(2)3/h7-13H,6,14H2,1-5H3. The molecule has 0 fully saturated rings. The molecule has 0 saturated heterocycles. The van der Waals surface area contributed by atoms with Crippen LogP contribution in [-0.4, -0.2) is 41.0 Å². The lowest BCUT2D eigenvalue weighted by Gasteiger charge is -2.19. The van der Waals surface area contributed by atoms with Crippen LogP contribution in [0.4, 0.5) is 5.69 Å². The van der Waals surface area contributed by atoms with E-state index in [0.717, 1.165) is 16.8 Å². The van der Waals surface area contributed by atoms with Gasteiger partial charge in [0.05, 0.1) is 12.0 Å². The van der Waals surface area contributed by atoms with Gasteiger partial charge in [-0.3, -0.25) is 0 Å². The highest BCUT2D eigenvalue weighted by Crippen LogP contribution is 2.25. The molecule has 25 heavy (non-hydrogen) atoms. The Morgan fingerprint density at radius 3 is 2.16 bits per heavy atom. The van der Waals surface area contributed by atoms with E-state index in [9.17, 15) is 8.42 Å². The fraction of sp³-hybridized carbons (Fsp3) is 0.368. The molecule has 6 heteroatoms. The van der Waals surface area contributed by atoms with E-state index in [4.69, 9.17) is 4.74 Å². The van der Waals surface area contributed by atoms with Crippen molar-refractivity contribution in [3.63, 3.8) is 0 Å². The number of nitrogens with zero attached hydrogens (tertiary/aromatic N) is 2. The first-order valence-corrected chi connectivity index (χ1v) is 9.63. The Bertz CT molecular complexity index is 815. The molecular weight excluding hydrogens is 336 g/mol. The van der Waals surface area contributed by atoms with E-state index in [-0.39, 0.29) is 4.90 Å². The second-order valence-electron chi connectivity index (χ2n) is 6.15. The molecule has 0 N–H and O–H groups in total. The van der Waals surface area contributed by atoms with Crippen LogP contribution in [0.25, 0.3) is 0 Å². The third kappa shape index (κ3) is 4.32. The maximum Gasteiger partial charge on any atom is 0.243 e. The van der Waals surface area contributed by atoms with Crippen molar-refractivity contribution in [2.45, 2.75) is 24.8 Å². The molecule has 0 unspecified atom stereocenters. The summed E-state index contributed by atoms with van der Waals surface area (Å²) in [4.78, 5) is 2.30. The Morgan fingerprint density at radius 2 is 1.64 bits per heavy atom. The summed E-state index contributed by atoms with van der Waals surface area (Å²) in [7, 11) is 3.58. The Kier molecular flexibility index (Phi) is 6.08. The predicted octanol–water partition coefficient (Wildman–Crippen LogP) is 3.14. The van der Waals surface area contributed by atoms with Gasteiger partial charge < -0.3 is 9.64 Å². The van der Waals surface area contributed by atoms with Crippen molar-refractivity contribution in [3.8, 4) is 5.75 Å². The van der Waals surface area contributed by atoms with Crippen LogP contribution in [0, 0.1) is 0 Å². The third-order valence-electron chi connectivity index (χ3n) is 4.20.